The normalized spacial score (nSPS) is 35.1. The van der Waals surface area contributed by atoms with Crippen LogP contribution in [0.5, 0.6) is 0 Å². The van der Waals surface area contributed by atoms with Crippen LogP contribution in [0.25, 0.3) is 0 Å². The number of rotatable bonds is 3. The van der Waals surface area contributed by atoms with Crippen LogP contribution in [0, 0.1) is 17.8 Å². The number of likely N-dealkylation sites (tertiary alicyclic amines) is 1. The summed E-state index contributed by atoms with van der Waals surface area (Å²) in [5.41, 5.74) is 0. The molecule has 0 bridgehead atoms. The van der Waals surface area contributed by atoms with Gasteiger partial charge in [-0.25, -0.2) is 0 Å². The van der Waals surface area contributed by atoms with E-state index in [0.717, 1.165) is 12.3 Å². The molecule has 1 saturated heterocycles. The molecule has 0 aromatic carbocycles. The number of aliphatic carboxylic acids is 1. The highest BCUT2D eigenvalue weighted by molar-refractivity contribution is 5.86. The lowest BCUT2D eigenvalue weighted by molar-refractivity contribution is -0.141. The van der Waals surface area contributed by atoms with Gasteiger partial charge in [0.1, 0.15) is 0 Å². The molecule has 0 aromatic heterocycles. The first-order valence-corrected chi connectivity index (χ1v) is 8.69. The summed E-state index contributed by atoms with van der Waals surface area (Å²) in [5, 5.41) is 9.18. The van der Waals surface area contributed by atoms with E-state index in [4.69, 9.17) is 0 Å². The zero-order valence-corrected chi connectivity index (χ0v) is 12.8. The number of hydrogen-bond acceptors (Lipinski definition) is 2. The average molecular weight is 293 g/mol. The molecule has 1 N–H and O–H groups in total. The lowest BCUT2D eigenvalue weighted by atomic mass is 9.70. The number of carboxylic acids is 1. The highest BCUT2D eigenvalue weighted by Crippen LogP contribution is 2.41. The van der Waals surface area contributed by atoms with Crippen LogP contribution < -0.4 is 0 Å². The number of nitrogens with zero attached hydrogens (tertiary/aromatic N) is 1. The summed E-state index contributed by atoms with van der Waals surface area (Å²) in [4.78, 5) is 25.4. The second kappa shape index (κ2) is 6.37. The van der Waals surface area contributed by atoms with E-state index >= 15 is 0 Å². The van der Waals surface area contributed by atoms with Crippen molar-refractivity contribution in [1.29, 1.82) is 0 Å². The Morgan fingerprint density at radius 1 is 1.00 bits per heavy atom. The van der Waals surface area contributed by atoms with Gasteiger partial charge in [-0.3, -0.25) is 9.59 Å². The molecular weight excluding hydrogens is 266 g/mol. The quantitative estimate of drug-likeness (QED) is 0.870. The summed E-state index contributed by atoms with van der Waals surface area (Å²) in [6, 6.07) is 0.318. The monoisotopic (exact) mass is 293 g/mol. The van der Waals surface area contributed by atoms with Crippen LogP contribution in [-0.2, 0) is 9.59 Å². The molecule has 0 spiro atoms. The Labute approximate surface area is 126 Å². The number of amides is 1. The van der Waals surface area contributed by atoms with Crippen molar-refractivity contribution in [2.45, 2.75) is 70.3 Å². The largest absolute Gasteiger partial charge is 0.481 e. The molecule has 2 aliphatic carbocycles. The smallest absolute Gasteiger partial charge is 0.308 e. The van der Waals surface area contributed by atoms with Gasteiger partial charge in [-0.1, -0.05) is 44.9 Å². The van der Waals surface area contributed by atoms with Gasteiger partial charge in [0, 0.05) is 19.0 Å². The Balaban J connectivity index is 1.71. The van der Waals surface area contributed by atoms with Crippen molar-refractivity contribution in [3.05, 3.63) is 0 Å². The van der Waals surface area contributed by atoms with E-state index in [0.29, 0.717) is 18.5 Å². The lowest BCUT2D eigenvalue weighted by Gasteiger charge is -2.43. The highest BCUT2D eigenvalue weighted by Gasteiger charge is 2.43. The standard InChI is InChI=1S/C17H27NO3/c19-16-10-13(17(20)21)11-18(16)15-9-5-4-8-14(15)12-6-2-1-3-7-12/h12-15H,1-11H2,(H,20,21). The van der Waals surface area contributed by atoms with Crippen LogP contribution in [0.2, 0.25) is 0 Å². The molecule has 3 aliphatic rings. The van der Waals surface area contributed by atoms with Crippen molar-refractivity contribution >= 4 is 11.9 Å². The molecule has 3 rings (SSSR count). The molecule has 1 heterocycles. The minimum atomic E-state index is -0.809. The number of carboxylic acid groups (broad SMARTS) is 1. The van der Waals surface area contributed by atoms with Gasteiger partial charge in [0.15, 0.2) is 0 Å². The molecule has 1 aliphatic heterocycles. The van der Waals surface area contributed by atoms with Crippen molar-refractivity contribution in [2.75, 3.05) is 6.54 Å². The van der Waals surface area contributed by atoms with E-state index in [2.05, 4.69) is 0 Å². The van der Waals surface area contributed by atoms with E-state index in [1.807, 2.05) is 4.90 Å². The van der Waals surface area contributed by atoms with Crippen molar-refractivity contribution in [3.8, 4) is 0 Å². The molecule has 3 atom stereocenters. The highest BCUT2D eigenvalue weighted by atomic mass is 16.4. The molecule has 4 nitrogen and oxygen atoms in total. The molecule has 0 radical (unpaired) electrons. The summed E-state index contributed by atoms with van der Waals surface area (Å²) < 4.78 is 0. The predicted molar refractivity (Wildman–Crippen MR) is 79.8 cm³/mol. The van der Waals surface area contributed by atoms with Crippen LogP contribution in [0.15, 0.2) is 0 Å². The first kappa shape index (κ1) is 14.9. The molecule has 4 heteroatoms. The third kappa shape index (κ3) is 3.09. The van der Waals surface area contributed by atoms with Gasteiger partial charge in [0.2, 0.25) is 5.91 Å². The second-order valence-corrected chi connectivity index (χ2v) is 7.20. The first-order valence-electron chi connectivity index (χ1n) is 8.69. The molecule has 21 heavy (non-hydrogen) atoms. The molecule has 0 aromatic rings. The zero-order valence-electron chi connectivity index (χ0n) is 12.8. The van der Waals surface area contributed by atoms with Gasteiger partial charge >= 0.3 is 5.97 Å². The van der Waals surface area contributed by atoms with Crippen molar-refractivity contribution < 1.29 is 14.7 Å². The minimum Gasteiger partial charge on any atom is -0.481 e. The van der Waals surface area contributed by atoms with Crippen LogP contribution in [0.1, 0.15) is 64.2 Å². The maximum Gasteiger partial charge on any atom is 0.308 e. The fourth-order valence-corrected chi connectivity index (χ4v) is 4.86. The molecule has 1 amide bonds. The van der Waals surface area contributed by atoms with Crippen LogP contribution in [0.4, 0.5) is 0 Å². The van der Waals surface area contributed by atoms with E-state index in [1.54, 1.807) is 0 Å². The second-order valence-electron chi connectivity index (χ2n) is 7.20. The SMILES string of the molecule is O=C(O)C1CC(=O)N(C2CCCCC2C2CCCCC2)C1. The predicted octanol–water partition coefficient (Wildman–Crippen LogP) is 3.06. The zero-order chi connectivity index (χ0) is 14.8. The molecule has 2 saturated carbocycles. The summed E-state index contributed by atoms with van der Waals surface area (Å²) >= 11 is 0. The Morgan fingerprint density at radius 3 is 2.33 bits per heavy atom. The van der Waals surface area contributed by atoms with Crippen molar-refractivity contribution in [3.63, 3.8) is 0 Å². The topological polar surface area (TPSA) is 57.6 Å². The third-order valence-electron chi connectivity index (χ3n) is 5.94. The van der Waals surface area contributed by atoms with Gasteiger partial charge in [0.25, 0.3) is 0 Å². The lowest BCUT2D eigenvalue weighted by Crippen LogP contribution is -2.46. The Bertz CT molecular complexity index is 403. The van der Waals surface area contributed by atoms with Gasteiger partial charge in [-0.15, -0.1) is 0 Å². The fourth-order valence-electron chi connectivity index (χ4n) is 4.86. The van der Waals surface area contributed by atoms with Crippen molar-refractivity contribution in [1.82, 2.24) is 4.90 Å². The van der Waals surface area contributed by atoms with Crippen LogP contribution >= 0.6 is 0 Å². The van der Waals surface area contributed by atoms with E-state index in [1.165, 1.54) is 51.4 Å². The molecule has 118 valence electrons. The summed E-state index contributed by atoms with van der Waals surface area (Å²) in [7, 11) is 0. The van der Waals surface area contributed by atoms with Crippen LogP contribution in [-0.4, -0.2) is 34.5 Å². The summed E-state index contributed by atoms with van der Waals surface area (Å²) in [6.07, 6.45) is 11.6. The Morgan fingerprint density at radius 2 is 1.67 bits per heavy atom. The van der Waals surface area contributed by atoms with E-state index in [9.17, 15) is 14.7 Å². The third-order valence-corrected chi connectivity index (χ3v) is 5.94. The summed E-state index contributed by atoms with van der Waals surface area (Å²) in [5.74, 6) is 0.175. The van der Waals surface area contributed by atoms with E-state index in [-0.39, 0.29) is 12.3 Å². The average Bonchev–Trinajstić information content (AvgIpc) is 2.90. The molecule has 3 unspecified atom stereocenters. The Hall–Kier alpha value is -1.06. The number of carbonyl (C=O) groups excluding carboxylic acids is 1. The van der Waals surface area contributed by atoms with E-state index < -0.39 is 11.9 Å². The van der Waals surface area contributed by atoms with Crippen molar-refractivity contribution in [2.24, 2.45) is 17.8 Å². The van der Waals surface area contributed by atoms with Gasteiger partial charge in [-0.2, -0.15) is 0 Å². The maximum atomic E-state index is 12.3. The fraction of sp³-hybridized carbons (Fsp3) is 0.882. The maximum absolute atomic E-state index is 12.3. The Kier molecular flexibility index (Phi) is 4.51. The van der Waals surface area contributed by atoms with Gasteiger partial charge in [0.05, 0.1) is 5.92 Å². The van der Waals surface area contributed by atoms with Gasteiger partial charge < -0.3 is 10.0 Å². The number of hydrogen-bond donors (Lipinski definition) is 1. The molecule has 3 fully saturated rings. The number of carbonyl (C=O) groups is 2. The first-order chi connectivity index (χ1) is 10.2. The summed E-state index contributed by atoms with van der Waals surface area (Å²) in [6.45, 7) is 0.446. The minimum absolute atomic E-state index is 0.0788. The molecular formula is C17H27NO3. The van der Waals surface area contributed by atoms with Crippen LogP contribution in [0.3, 0.4) is 0 Å². The van der Waals surface area contributed by atoms with Gasteiger partial charge in [-0.05, 0) is 24.7 Å².